The Morgan fingerprint density at radius 3 is 2.46 bits per heavy atom. The maximum absolute atomic E-state index is 12.6. The van der Waals surface area contributed by atoms with Crippen LogP contribution in [0.2, 0.25) is 0 Å². The molecule has 5 rings (SSSR count). The normalized spacial score (nSPS) is 12.0. The van der Waals surface area contributed by atoms with E-state index in [0.29, 0.717) is 34.3 Å². The maximum atomic E-state index is 12.6. The fourth-order valence-electron chi connectivity index (χ4n) is 3.59. The summed E-state index contributed by atoms with van der Waals surface area (Å²) in [5, 5.41) is 7.46. The monoisotopic (exact) mass is 472 g/mol. The minimum Gasteiger partial charge on any atom is -0.497 e. The zero-order valence-electron chi connectivity index (χ0n) is 19.5. The molecule has 0 aliphatic carbocycles. The topological polar surface area (TPSA) is 96.7 Å². The standard InChI is InChI=1S/C26H24N4O5/c1-16(2)35-26-28-24(18-6-13-22-23(14-18)34-15-33-22)30(29-26)20-9-7-19(8-10-20)27-25(31)17-4-11-21(32-3)12-5-17/h4-14,16H,15H2,1-3H3,(H,27,31). The molecule has 1 N–H and O–H groups in total. The van der Waals surface area contributed by atoms with Crippen LogP contribution in [-0.2, 0) is 0 Å². The van der Waals surface area contributed by atoms with E-state index < -0.39 is 0 Å². The number of anilines is 1. The number of nitrogens with zero attached hydrogens (tertiary/aromatic N) is 3. The predicted molar refractivity (Wildman–Crippen MR) is 130 cm³/mol. The summed E-state index contributed by atoms with van der Waals surface area (Å²) in [5.41, 5.74) is 2.74. The molecule has 178 valence electrons. The van der Waals surface area contributed by atoms with Crippen molar-refractivity contribution in [2.24, 2.45) is 0 Å². The minimum atomic E-state index is -0.213. The lowest BCUT2D eigenvalue weighted by Crippen LogP contribution is -2.11. The van der Waals surface area contributed by atoms with Gasteiger partial charge >= 0.3 is 6.01 Å². The van der Waals surface area contributed by atoms with Crippen molar-refractivity contribution < 1.29 is 23.7 Å². The second-order valence-electron chi connectivity index (χ2n) is 8.09. The summed E-state index contributed by atoms with van der Waals surface area (Å²) in [6.45, 7) is 4.03. The second-order valence-corrected chi connectivity index (χ2v) is 8.09. The van der Waals surface area contributed by atoms with Gasteiger partial charge in [0.2, 0.25) is 6.79 Å². The second kappa shape index (κ2) is 9.38. The van der Waals surface area contributed by atoms with Crippen LogP contribution < -0.4 is 24.3 Å². The Kier molecular flexibility index (Phi) is 5.97. The molecule has 0 radical (unpaired) electrons. The van der Waals surface area contributed by atoms with Crippen LogP contribution in [0, 0.1) is 0 Å². The van der Waals surface area contributed by atoms with Crippen LogP contribution in [0.15, 0.2) is 66.7 Å². The number of methoxy groups -OCH3 is 1. The third kappa shape index (κ3) is 4.74. The van der Waals surface area contributed by atoms with Crippen molar-refractivity contribution in [2.75, 3.05) is 19.2 Å². The van der Waals surface area contributed by atoms with Crippen molar-refractivity contribution in [2.45, 2.75) is 20.0 Å². The van der Waals surface area contributed by atoms with Gasteiger partial charge in [0.1, 0.15) is 5.75 Å². The number of ether oxygens (including phenoxy) is 4. The SMILES string of the molecule is COc1ccc(C(=O)Nc2ccc(-n3nc(OC(C)C)nc3-c3ccc4c(c3)OCO4)cc2)cc1. The largest absolute Gasteiger partial charge is 0.497 e. The smallest absolute Gasteiger partial charge is 0.336 e. The Bertz CT molecular complexity index is 1350. The van der Waals surface area contributed by atoms with Crippen LogP contribution in [0.4, 0.5) is 5.69 Å². The highest BCUT2D eigenvalue weighted by Gasteiger charge is 2.20. The number of rotatable bonds is 7. The highest BCUT2D eigenvalue weighted by Crippen LogP contribution is 2.36. The first-order valence-corrected chi connectivity index (χ1v) is 11.1. The predicted octanol–water partition coefficient (Wildman–Crippen LogP) is 4.71. The molecule has 2 heterocycles. The van der Waals surface area contributed by atoms with Gasteiger partial charge < -0.3 is 24.3 Å². The van der Waals surface area contributed by atoms with E-state index in [1.807, 2.05) is 56.3 Å². The Hall–Kier alpha value is -4.53. The average molecular weight is 473 g/mol. The minimum absolute atomic E-state index is 0.0778. The first-order chi connectivity index (χ1) is 17.0. The maximum Gasteiger partial charge on any atom is 0.336 e. The first kappa shape index (κ1) is 22.3. The molecule has 9 nitrogen and oxygen atoms in total. The number of aromatic nitrogens is 3. The molecule has 4 aromatic rings. The van der Waals surface area contributed by atoms with Crippen molar-refractivity contribution >= 4 is 11.6 Å². The molecule has 0 spiro atoms. The third-order valence-corrected chi connectivity index (χ3v) is 5.28. The van der Waals surface area contributed by atoms with E-state index in [2.05, 4.69) is 15.4 Å². The fraction of sp³-hybridized carbons (Fsp3) is 0.192. The van der Waals surface area contributed by atoms with Gasteiger partial charge in [0.25, 0.3) is 5.91 Å². The molecule has 1 aliphatic rings. The quantitative estimate of drug-likeness (QED) is 0.416. The van der Waals surface area contributed by atoms with Crippen LogP contribution in [0.25, 0.3) is 17.1 Å². The molecule has 0 bridgehead atoms. The molecule has 0 fully saturated rings. The number of hydrogen-bond acceptors (Lipinski definition) is 7. The summed E-state index contributed by atoms with van der Waals surface area (Å²) in [5.74, 6) is 2.41. The Labute approximate surface area is 202 Å². The zero-order valence-corrected chi connectivity index (χ0v) is 19.5. The number of carbonyl (C=O) groups excluding carboxylic acids is 1. The van der Waals surface area contributed by atoms with E-state index in [4.69, 9.17) is 18.9 Å². The van der Waals surface area contributed by atoms with Crippen molar-refractivity contribution in [1.29, 1.82) is 0 Å². The Morgan fingerprint density at radius 1 is 1.00 bits per heavy atom. The molecule has 3 aromatic carbocycles. The number of hydrogen-bond donors (Lipinski definition) is 1. The van der Waals surface area contributed by atoms with Gasteiger partial charge in [-0.15, -0.1) is 5.10 Å². The van der Waals surface area contributed by atoms with Crippen LogP contribution in [0.1, 0.15) is 24.2 Å². The van der Waals surface area contributed by atoms with E-state index in [1.54, 1.807) is 36.1 Å². The molecular weight excluding hydrogens is 448 g/mol. The molecule has 35 heavy (non-hydrogen) atoms. The lowest BCUT2D eigenvalue weighted by Gasteiger charge is -2.09. The van der Waals surface area contributed by atoms with E-state index in [9.17, 15) is 4.79 Å². The van der Waals surface area contributed by atoms with Gasteiger partial charge in [0.05, 0.1) is 18.9 Å². The number of nitrogens with one attached hydrogen (secondary N) is 1. The summed E-state index contributed by atoms with van der Waals surface area (Å²) in [6, 6.07) is 20.1. The van der Waals surface area contributed by atoms with Crippen LogP contribution in [-0.4, -0.2) is 40.7 Å². The molecule has 1 aliphatic heterocycles. The van der Waals surface area contributed by atoms with E-state index in [0.717, 1.165) is 11.3 Å². The van der Waals surface area contributed by atoms with Gasteiger partial charge in [-0.2, -0.15) is 4.98 Å². The summed E-state index contributed by atoms with van der Waals surface area (Å²) in [4.78, 5) is 17.2. The number of benzene rings is 3. The van der Waals surface area contributed by atoms with E-state index in [1.165, 1.54) is 0 Å². The lowest BCUT2D eigenvalue weighted by atomic mass is 10.2. The van der Waals surface area contributed by atoms with Gasteiger partial charge in [-0.3, -0.25) is 4.79 Å². The molecule has 1 amide bonds. The number of amides is 1. The molecule has 0 saturated heterocycles. The van der Waals surface area contributed by atoms with Crippen LogP contribution in [0.5, 0.6) is 23.3 Å². The van der Waals surface area contributed by atoms with Crippen molar-refractivity contribution in [3.63, 3.8) is 0 Å². The zero-order chi connectivity index (χ0) is 24.4. The Morgan fingerprint density at radius 2 is 1.74 bits per heavy atom. The highest BCUT2D eigenvalue weighted by molar-refractivity contribution is 6.04. The molecule has 0 atom stereocenters. The first-order valence-electron chi connectivity index (χ1n) is 11.1. The van der Waals surface area contributed by atoms with Crippen molar-refractivity contribution in [3.8, 4) is 40.3 Å². The van der Waals surface area contributed by atoms with E-state index in [-0.39, 0.29) is 24.8 Å². The highest BCUT2D eigenvalue weighted by atomic mass is 16.7. The van der Waals surface area contributed by atoms with Gasteiger partial charge in [-0.1, -0.05) is 0 Å². The van der Waals surface area contributed by atoms with Gasteiger partial charge in [0, 0.05) is 16.8 Å². The average Bonchev–Trinajstić information content (AvgIpc) is 3.50. The number of fused-ring (bicyclic) bond motifs is 1. The Balaban J connectivity index is 1.41. The fourth-order valence-corrected chi connectivity index (χ4v) is 3.59. The molecular formula is C26H24N4O5. The van der Waals surface area contributed by atoms with E-state index >= 15 is 0 Å². The number of carbonyl (C=O) groups is 1. The molecule has 0 saturated carbocycles. The van der Waals surface area contributed by atoms with Crippen LogP contribution in [0.3, 0.4) is 0 Å². The molecule has 9 heteroatoms. The molecule has 0 unspecified atom stereocenters. The van der Waals surface area contributed by atoms with Gasteiger partial charge in [-0.25, -0.2) is 4.68 Å². The third-order valence-electron chi connectivity index (χ3n) is 5.28. The van der Waals surface area contributed by atoms with Gasteiger partial charge in [0.15, 0.2) is 17.3 Å². The van der Waals surface area contributed by atoms with Crippen molar-refractivity contribution in [3.05, 3.63) is 72.3 Å². The summed E-state index contributed by atoms with van der Waals surface area (Å²) in [6.07, 6.45) is -0.0778. The summed E-state index contributed by atoms with van der Waals surface area (Å²) in [7, 11) is 1.58. The lowest BCUT2D eigenvalue weighted by molar-refractivity contribution is 0.102. The summed E-state index contributed by atoms with van der Waals surface area (Å²) < 4.78 is 23.5. The van der Waals surface area contributed by atoms with Crippen molar-refractivity contribution in [1.82, 2.24) is 14.8 Å². The van der Waals surface area contributed by atoms with Crippen LogP contribution >= 0.6 is 0 Å². The summed E-state index contributed by atoms with van der Waals surface area (Å²) >= 11 is 0. The van der Waals surface area contributed by atoms with Gasteiger partial charge in [-0.05, 0) is 80.6 Å². The molecule has 1 aromatic heterocycles.